The Balaban J connectivity index is 1.09. The fourth-order valence-electron chi connectivity index (χ4n) is 8.61. The number of aromatic amines is 1. The van der Waals surface area contributed by atoms with Gasteiger partial charge >= 0.3 is 18.1 Å². The highest BCUT2D eigenvalue weighted by Crippen LogP contribution is 2.51. The number of rotatable bonds is 10. The number of carbonyl (C=O) groups is 3. The molecule has 1 saturated carbocycles. The number of piperidine rings is 1. The van der Waals surface area contributed by atoms with Crippen molar-refractivity contribution in [3.8, 4) is 23.0 Å². The van der Waals surface area contributed by atoms with Crippen LogP contribution in [0.4, 0.5) is 9.18 Å². The third kappa shape index (κ3) is 7.65. The van der Waals surface area contributed by atoms with Crippen molar-refractivity contribution in [1.29, 1.82) is 0 Å². The predicted molar refractivity (Wildman–Crippen MR) is 204 cm³/mol. The number of H-pyrrole nitrogens is 1. The van der Waals surface area contributed by atoms with Gasteiger partial charge in [-0.25, -0.2) is 14.0 Å². The normalized spacial score (nSPS) is 23.1. The molecule has 0 bridgehead atoms. The highest BCUT2D eigenvalue weighted by atomic mass is 127. The van der Waals surface area contributed by atoms with Crippen LogP contribution in [0.25, 0.3) is 10.9 Å². The van der Waals surface area contributed by atoms with E-state index < -0.39 is 42.0 Å². The number of fused-ring (bicyclic) bond motifs is 6. The van der Waals surface area contributed by atoms with Crippen LogP contribution in [0.2, 0.25) is 0 Å². The van der Waals surface area contributed by atoms with Crippen molar-refractivity contribution in [1.82, 2.24) is 9.88 Å². The van der Waals surface area contributed by atoms with Crippen LogP contribution >= 0.6 is 22.6 Å². The average molecular weight is 873 g/mol. The Labute approximate surface area is 330 Å². The number of methoxy groups -OCH3 is 5. The molecule has 3 heterocycles. The molecule has 13 nitrogen and oxygen atoms in total. The second kappa shape index (κ2) is 16.2. The molecular formula is C40H42FIN2O11. The topological polar surface area (TPSA) is 144 Å². The van der Waals surface area contributed by atoms with Gasteiger partial charge in [0.2, 0.25) is 5.75 Å². The van der Waals surface area contributed by atoms with E-state index in [-0.39, 0.29) is 47.3 Å². The number of hydrogen-bond acceptors (Lipinski definition) is 12. The van der Waals surface area contributed by atoms with E-state index >= 15 is 0 Å². The van der Waals surface area contributed by atoms with Gasteiger partial charge in [-0.05, 0) is 107 Å². The van der Waals surface area contributed by atoms with Crippen LogP contribution < -0.4 is 18.9 Å². The van der Waals surface area contributed by atoms with E-state index in [1.54, 1.807) is 13.2 Å². The lowest BCUT2D eigenvalue weighted by molar-refractivity contribution is -0.176. The quantitative estimate of drug-likeness (QED) is 0.0792. The molecule has 0 spiro atoms. The second-order valence-corrected chi connectivity index (χ2v) is 15.2. The summed E-state index contributed by atoms with van der Waals surface area (Å²) in [6.45, 7) is 1.32. The molecule has 55 heavy (non-hydrogen) atoms. The van der Waals surface area contributed by atoms with Crippen molar-refractivity contribution in [3.63, 3.8) is 0 Å². The average Bonchev–Trinajstić information content (AvgIpc) is 3.56. The fraction of sp³-hybridized carbons (Fsp3) is 0.425. The molecule has 3 aliphatic rings. The Kier molecular flexibility index (Phi) is 11.4. The van der Waals surface area contributed by atoms with Crippen molar-refractivity contribution < 1.29 is 56.7 Å². The highest BCUT2D eigenvalue weighted by molar-refractivity contribution is 14.1. The number of nitrogens with one attached hydrogen (secondary N) is 1. The highest BCUT2D eigenvalue weighted by Gasteiger charge is 2.54. The maximum absolute atomic E-state index is 13.9. The maximum atomic E-state index is 13.9. The molecule has 0 radical (unpaired) electrons. The Bertz CT molecular complexity index is 2060. The number of nitrogens with zero attached hydrogens (tertiary/aromatic N) is 1. The zero-order valence-corrected chi connectivity index (χ0v) is 33.2. The van der Waals surface area contributed by atoms with Crippen LogP contribution in [0.5, 0.6) is 23.0 Å². The first kappa shape index (κ1) is 38.7. The summed E-state index contributed by atoms with van der Waals surface area (Å²) in [4.78, 5) is 46.2. The Morgan fingerprint density at radius 3 is 2.38 bits per heavy atom. The molecule has 3 aromatic carbocycles. The van der Waals surface area contributed by atoms with E-state index in [2.05, 4.69) is 16.0 Å². The van der Waals surface area contributed by atoms with Gasteiger partial charge < -0.3 is 42.9 Å². The van der Waals surface area contributed by atoms with E-state index in [0.29, 0.717) is 28.5 Å². The summed E-state index contributed by atoms with van der Waals surface area (Å²) >= 11 is 1.96. The van der Waals surface area contributed by atoms with Gasteiger partial charge in [-0.15, -0.1) is 0 Å². The first-order chi connectivity index (χ1) is 26.5. The standard InChI is InChI=1S/C40H42FIN2O11/c1-48-25-6-7-26-27-8-9-44-18-22-14-33(37(51-4)34(39(46)52-5)28(22)17-30(44)35(27)43-29(26)16-25)54-38(45)21-12-31(49-2)36(32(13-21)50-3)55-40(47)53-19-20-10-23(41)15-24(42)11-20/h6-7,10-13,15-16,22,28,30,33-34,37,43H,8-9,14,17-19H2,1-5H3/t22-,28+,30-,33-,34+,37+/m1/s1. The third-order valence-electron chi connectivity index (χ3n) is 11.0. The van der Waals surface area contributed by atoms with Gasteiger partial charge in [0.25, 0.3) is 0 Å². The van der Waals surface area contributed by atoms with Gasteiger partial charge in [-0.1, -0.05) is 0 Å². The molecule has 6 atom stereocenters. The summed E-state index contributed by atoms with van der Waals surface area (Å²) in [5, 5.41) is 1.18. The van der Waals surface area contributed by atoms with Crippen LogP contribution in [-0.4, -0.2) is 88.8 Å². The second-order valence-electron chi connectivity index (χ2n) is 13.9. The minimum Gasteiger partial charge on any atom is -0.497 e. The van der Waals surface area contributed by atoms with Gasteiger partial charge in [0.15, 0.2) is 11.5 Å². The van der Waals surface area contributed by atoms with Crippen molar-refractivity contribution in [2.45, 2.75) is 44.1 Å². The lowest BCUT2D eigenvalue weighted by Crippen LogP contribution is -2.58. The molecule has 1 aromatic heterocycles. The first-order valence-corrected chi connectivity index (χ1v) is 18.9. The van der Waals surface area contributed by atoms with Crippen molar-refractivity contribution >= 4 is 51.6 Å². The molecular weight excluding hydrogens is 830 g/mol. The van der Waals surface area contributed by atoms with Gasteiger partial charge in [0.1, 0.15) is 30.4 Å². The Morgan fingerprint density at radius 1 is 0.945 bits per heavy atom. The molecule has 2 fully saturated rings. The molecule has 0 unspecified atom stereocenters. The van der Waals surface area contributed by atoms with Gasteiger partial charge in [0, 0.05) is 46.4 Å². The fourth-order valence-corrected chi connectivity index (χ4v) is 9.31. The molecule has 4 aromatic rings. The van der Waals surface area contributed by atoms with E-state index in [4.69, 9.17) is 37.9 Å². The smallest absolute Gasteiger partial charge is 0.497 e. The molecule has 15 heteroatoms. The minimum absolute atomic E-state index is 0.00111. The summed E-state index contributed by atoms with van der Waals surface area (Å²) in [6.07, 6.45) is -0.613. The number of hydrogen-bond donors (Lipinski definition) is 1. The summed E-state index contributed by atoms with van der Waals surface area (Å²) in [5.74, 6) is -1.72. The number of carbonyl (C=O) groups excluding carboxylic acids is 3. The summed E-state index contributed by atoms with van der Waals surface area (Å²) in [7, 11) is 7.20. The van der Waals surface area contributed by atoms with E-state index in [9.17, 15) is 18.8 Å². The number of esters is 2. The molecule has 292 valence electrons. The van der Waals surface area contributed by atoms with Crippen LogP contribution in [0.1, 0.15) is 46.1 Å². The van der Waals surface area contributed by atoms with Crippen LogP contribution in [0.15, 0.2) is 48.5 Å². The zero-order valence-electron chi connectivity index (χ0n) is 31.0. The van der Waals surface area contributed by atoms with Crippen molar-refractivity contribution in [2.24, 2.45) is 17.8 Å². The van der Waals surface area contributed by atoms with Crippen LogP contribution in [0, 0.1) is 27.1 Å². The van der Waals surface area contributed by atoms with Crippen LogP contribution in [-0.2, 0) is 36.8 Å². The molecule has 2 aliphatic heterocycles. The first-order valence-electron chi connectivity index (χ1n) is 17.8. The predicted octanol–water partition coefficient (Wildman–Crippen LogP) is 6.62. The van der Waals surface area contributed by atoms with E-state index in [0.717, 1.165) is 29.9 Å². The lowest BCUT2D eigenvalue weighted by atomic mass is 9.63. The molecule has 1 N–H and O–H groups in total. The number of ether oxygens (including phenoxy) is 8. The Morgan fingerprint density at radius 2 is 1.71 bits per heavy atom. The van der Waals surface area contributed by atoms with Gasteiger partial charge in [-0.2, -0.15) is 0 Å². The lowest BCUT2D eigenvalue weighted by Gasteiger charge is -2.52. The van der Waals surface area contributed by atoms with Crippen LogP contribution in [0.3, 0.4) is 0 Å². The zero-order chi connectivity index (χ0) is 39.0. The largest absolute Gasteiger partial charge is 0.514 e. The monoisotopic (exact) mass is 872 g/mol. The molecule has 1 aliphatic carbocycles. The van der Waals surface area contributed by atoms with Crippen molar-refractivity contribution in [2.75, 3.05) is 48.6 Å². The van der Waals surface area contributed by atoms with E-state index in [1.807, 2.05) is 34.7 Å². The number of benzene rings is 3. The summed E-state index contributed by atoms with van der Waals surface area (Å²) in [6, 6.07) is 13.1. The maximum Gasteiger partial charge on any atom is 0.514 e. The molecule has 0 amide bonds. The number of aromatic nitrogens is 1. The third-order valence-corrected chi connectivity index (χ3v) is 11.6. The number of halogens is 2. The SMILES string of the molecule is COC(=O)[C@H]1[C@H]2C[C@@H]3c4[nH]c5cc(OC)ccc5c4CCN3C[C@H]2C[C@@H](OC(=O)c2cc(OC)c(OC(=O)OCc3cc(F)cc(I)c3)c(OC)c2)[C@@H]1OC. The summed E-state index contributed by atoms with van der Waals surface area (Å²) < 4.78 is 59.0. The molecule has 1 saturated heterocycles. The minimum atomic E-state index is -1.09. The molecule has 7 rings (SSSR count). The van der Waals surface area contributed by atoms with Gasteiger partial charge in [-0.3, -0.25) is 9.69 Å². The van der Waals surface area contributed by atoms with Gasteiger partial charge in [0.05, 0.1) is 46.0 Å². The van der Waals surface area contributed by atoms with E-state index in [1.165, 1.54) is 63.7 Å². The Hall–Kier alpha value is -4.61. The summed E-state index contributed by atoms with van der Waals surface area (Å²) in [5.41, 5.74) is 3.95. The van der Waals surface area contributed by atoms with Crippen molar-refractivity contribution in [3.05, 3.63) is 80.3 Å².